The lowest BCUT2D eigenvalue weighted by atomic mass is 9.91. The first-order valence-corrected chi connectivity index (χ1v) is 10.7. The van der Waals surface area contributed by atoms with Gasteiger partial charge >= 0.3 is 0 Å². The van der Waals surface area contributed by atoms with E-state index in [9.17, 15) is 10.2 Å². The second-order valence-corrected chi connectivity index (χ2v) is 8.37. The van der Waals surface area contributed by atoms with Crippen LogP contribution in [-0.2, 0) is 13.0 Å². The summed E-state index contributed by atoms with van der Waals surface area (Å²) in [5.41, 5.74) is 5.13. The minimum atomic E-state index is -0.653. The number of rotatable bonds is 6. The summed E-state index contributed by atoms with van der Waals surface area (Å²) in [5.74, 6) is -0.194. The Morgan fingerprint density at radius 2 is 2.00 bits per heavy atom. The van der Waals surface area contributed by atoms with Crippen molar-refractivity contribution in [3.63, 3.8) is 0 Å². The zero-order valence-electron chi connectivity index (χ0n) is 17.4. The fraction of sp³-hybridized carbons (Fsp3) is 0.458. The fourth-order valence-electron chi connectivity index (χ4n) is 4.72. The molecule has 2 aliphatic rings. The van der Waals surface area contributed by atoms with Crippen LogP contribution in [0.1, 0.15) is 65.8 Å². The number of hydrogen-bond donors (Lipinski definition) is 3. The average Bonchev–Trinajstić information content (AvgIpc) is 3.09. The maximum Gasteiger partial charge on any atom is 0.134 e. The van der Waals surface area contributed by atoms with Gasteiger partial charge in [-0.15, -0.1) is 0 Å². The van der Waals surface area contributed by atoms with Gasteiger partial charge in [0.1, 0.15) is 6.23 Å². The van der Waals surface area contributed by atoms with Crippen LogP contribution in [0.25, 0.3) is 0 Å². The van der Waals surface area contributed by atoms with Crippen LogP contribution >= 0.6 is 0 Å². The van der Waals surface area contributed by atoms with Gasteiger partial charge in [0, 0.05) is 43.8 Å². The quantitative estimate of drug-likeness (QED) is 0.642. The van der Waals surface area contributed by atoms with E-state index >= 15 is 0 Å². The Labute approximate surface area is 177 Å². The minimum absolute atomic E-state index is 0.0368. The second kappa shape index (κ2) is 9.16. The number of benzene rings is 1. The van der Waals surface area contributed by atoms with E-state index in [4.69, 9.17) is 5.41 Å². The molecule has 4 unspecified atom stereocenters. The molecule has 2 aromatic rings. The van der Waals surface area contributed by atoms with Crippen LogP contribution in [0.3, 0.4) is 0 Å². The van der Waals surface area contributed by atoms with Gasteiger partial charge in [0.25, 0.3) is 0 Å². The van der Waals surface area contributed by atoms with Gasteiger partial charge in [-0.2, -0.15) is 0 Å². The molecule has 1 aliphatic heterocycles. The Kier molecular flexibility index (Phi) is 6.37. The van der Waals surface area contributed by atoms with Gasteiger partial charge in [0.15, 0.2) is 0 Å². The molecule has 0 radical (unpaired) electrons. The van der Waals surface area contributed by atoms with E-state index in [1.807, 2.05) is 18.3 Å². The molecule has 1 fully saturated rings. The lowest BCUT2D eigenvalue weighted by molar-refractivity contribution is -0.0701. The fourth-order valence-corrected chi connectivity index (χ4v) is 4.72. The molecule has 6 nitrogen and oxygen atoms in total. The molecule has 0 spiro atoms. The Bertz CT molecular complexity index is 912. The van der Waals surface area contributed by atoms with Crippen LogP contribution in [0.15, 0.2) is 41.5 Å². The Hall–Kier alpha value is -2.41. The van der Waals surface area contributed by atoms with Crippen LogP contribution in [0, 0.1) is 5.41 Å². The molecule has 2 heterocycles. The number of aliphatic hydroxyl groups excluding tert-OH is 2. The topological polar surface area (TPSA) is 92.8 Å². The first-order chi connectivity index (χ1) is 14.6. The Morgan fingerprint density at radius 3 is 2.70 bits per heavy atom. The molecule has 0 amide bonds. The van der Waals surface area contributed by atoms with E-state index in [0.717, 1.165) is 60.1 Å². The normalized spacial score (nSPS) is 25.4. The highest BCUT2D eigenvalue weighted by Crippen LogP contribution is 2.38. The van der Waals surface area contributed by atoms with Crippen molar-refractivity contribution in [2.24, 2.45) is 4.99 Å². The number of aliphatic hydroxyl groups is 2. The minimum Gasteiger partial charge on any atom is -0.391 e. The molecule has 158 valence electrons. The summed E-state index contributed by atoms with van der Waals surface area (Å²) in [6, 6.07) is 10.3. The molecule has 0 bridgehead atoms. The third-order valence-electron chi connectivity index (χ3n) is 6.36. The number of fused-ring (bicyclic) bond motifs is 1. The van der Waals surface area contributed by atoms with Crippen molar-refractivity contribution < 1.29 is 10.2 Å². The summed E-state index contributed by atoms with van der Waals surface area (Å²) in [6.45, 7) is 0.693. The van der Waals surface area contributed by atoms with Gasteiger partial charge in [0.05, 0.1) is 17.7 Å². The second-order valence-electron chi connectivity index (χ2n) is 8.37. The summed E-state index contributed by atoms with van der Waals surface area (Å²) < 4.78 is 0. The largest absolute Gasteiger partial charge is 0.391 e. The van der Waals surface area contributed by atoms with E-state index in [2.05, 4.69) is 33.1 Å². The van der Waals surface area contributed by atoms with Crippen molar-refractivity contribution >= 4 is 12.4 Å². The van der Waals surface area contributed by atoms with E-state index in [0.29, 0.717) is 6.54 Å². The van der Waals surface area contributed by atoms with E-state index < -0.39 is 6.23 Å². The molecule has 4 atom stereocenters. The molecule has 6 heteroatoms. The smallest absolute Gasteiger partial charge is 0.134 e. The van der Waals surface area contributed by atoms with Gasteiger partial charge in [-0.25, -0.2) is 0 Å². The molecule has 1 aromatic heterocycles. The average molecular weight is 407 g/mol. The van der Waals surface area contributed by atoms with Gasteiger partial charge < -0.3 is 15.6 Å². The standard InChI is InChI=1S/C24H30N4O2/c1-26-14-19(12-25)21-9-7-17(13-27-21)10-16-6-8-18-15-28(24(30)20(18)11-16)22-4-2-3-5-23(22)29/h6-9,11-14,19,22-25,29-30H,2-5,10,15H2,1H3. The molecule has 0 saturated heterocycles. The van der Waals surface area contributed by atoms with Crippen molar-refractivity contribution in [1.82, 2.24) is 9.88 Å². The first-order valence-electron chi connectivity index (χ1n) is 10.7. The number of aromatic nitrogens is 1. The van der Waals surface area contributed by atoms with Gasteiger partial charge in [-0.1, -0.05) is 37.1 Å². The Morgan fingerprint density at radius 1 is 1.20 bits per heavy atom. The lowest BCUT2D eigenvalue weighted by Gasteiger charge is -2.36. The van der Waals surface area contributed by atoms with Crippen LogP contribution in [0.5, 0.6) is 0 Å². The molecule has 1 saturated carbocycles. The first kappa shape index (κ1) is 20.8. The summed E-state index contributed by atoms with van der Waals surface area (Å²) in [4.78, 5) is 10.6. The molecule has 1 aliphatic carbocycles. The zero-order chi connectivity index (χ0) is 21.1. The molecular weight excluding hydrogens is 376 g/mol. The van der Waals surface area contributed by atoms with Crippen molar-refractivity contribution in [1.29, 1.82) is 5.41 Å². The van der Waals surface area contributed by atoms with Gasteiger partial charge in [0.2, 0.25) is 0 Å². The highest BCUT2D eigenvalue weighted by molar-refractivity contribution is 5.88. The monoisotopic (exact) mass is 406 g/mol. The number of aliphatic imine (C=N–C) groups is 1. The Balaban J connectivity index is 1.47. The van der Waals surface area contributed by atoms with Crippen LogP contribution in [-0.4, -0.2) is 51.7 Å². The number of pyridine rings is 1. The van der Waals surface area contributed by atoms with Gasteiger partial charge in [-0.05, 0) is 42.0 Å². The van der Waals surface area contributed by atoms with Crippen molar-refractivity contribution in [3.8, 4) is 0 Å². The summed E-state index contributed by atoms with van der Waals surface area (Å²) in [7, 11) is 1.70. The lowest BCUT2D eigenvalue weighted by Crippen LogP contribution is -2.44. The molecule has 3 N–H and O–H groups in total. The number of nitrogens with zero attached hydrogens (tertiary/aromatic N) is 3. The van der Waals surface area contributed by atoms with E-state index in [1.165, 1.54) is 6.21 Å². The van der Waals surface area contributed by atoms with Crippen molar-refractivity contribution in [2.75, 3.05) is 7.05 Å². The highest BCUT2D eigenvalue weighted by Gasteiger charge is 2.37. The van der Waals surface area contributed by atoms with Gasteiger partial charge in [-0.3, -0.25) is 14.9 Å². The van der Waals surface area contributed by atoms with E-state index in [-0.39, 0.29) is 18.1 Å². The highest BCUT2D eigenvalue weighted by atomic mass is 16.3. The molecular formula is C24H30N4O2. The van der Waals surface area contributed by atoms with E-state index in [1.54, 1.807) is 13.3 Å². The predicted octanol–water partition coefficient (Wildman–Crippen LogP) is 3.22. The summed E-state index contributed by atoms with van der Waals surface area (Å²) in [6.07, 6.45) is 8.57. The number of nitrogens with one attached hydrogen (secondary N) is 1. The molecule has 30 heavy (non-hydrogen) atoms. The maximum atomic E-state index is 10.9. The van der Waals surface area contributed by atoms with Crippen molar-refractivity contribution in [3.05, 3.63) is 64.5 Å². The van der Waals surface area contributed by atoms with Crippen molar-refractivity contribution in [2.45, 2.75) is 62.9 Å². The zero-order valence-corrected chi connectivity index (χ0v) is 17.4. The molecule has 1 aromatic carbocycles. The van der Waals surface area contributed by atoms with Crippen LogP contribution in [0.4, 0.5) is 0 Å². The van der Waals surface area contributed by atoms with Crippen LogP contribution < -0.4 is 0 Å². The summed E-state index contributed by atoms with van der Waals surface area (Å²) >= 11 is 0. The predicted molar refractivity (Wildman–Crippen MR) is 118 cm³/mol. The number of hydrogen-bond acceptors (Lipinski definition) is 6. The maximum absolute atomic E-state index is 10.9. The molecule has 4 rings (SSSR count). The third kappa shape index (κ3) is 4.21. The van der Waals surface area contributed by atoms with Crippen LogP contribution in [0.2, 0.25) is 0 Å². The summed E-state index contributed by atoms with van der Waals surface area (Å²) in [5, 5.41) is 28.9. The third-order valence-corrected chi connectivity index (χ3v) is 6.36. The SMILES string of the molecule is CN=CC(C=N)c1ccc(Cc2ccc3c(c2)C(O)N(C2CCCCC2O)C3)cn1.